The summed E-state index contributed by atoms with van der Waals surface area (Å²) < 4.78 is 1.09. The maximum atomic E-state index is 11.9. The summed E-state index contributed by atoms with van der Waals surface area (Å²) in [6, 6.07) is 0. The van der Waals surface area contributed by atoms with Crippen LogP contribution < -0.4 is 0 Å². The van der Waals surface area contributed by atoms with Gasteiger partial charge in [-0.25, -0.2) is 0 Å². The summed E-state index contributed by atoms with van der Waals surface area (Å²) in [5, 5.41) is 0. The standard InChI is InChI=1S/C26H52NO/c1-6-9-10-11-12-13-14-15-16-17-18-19-20-21-23-27(7-2,8-3)24-22-26(28)25(4)5/h4,6-24H2,1-3,5H3/q+1. The molecule has 0 atom stereocenters. The molecule has 0 saturated carbocycles. The third kappa shape index (κ3) is 14.4. The number of hydrogen-bond acceptors (Lipinski definition) is 1. The Hall–Kier alpha value is -0.630. The molecular weight excluding hydrogens is 342 g/mol. The minimum absolute atomic E-state index is 0.241. The molecule has 166 valence electrons. The first-order chi connectivity index (χ1) is 13.5. The monoisotopic (exact) mass is 394 g/mol. The Balaban J connectivity index is 3.65. The van der Waals surface area contributed by atoms with Crippen molar-refractivity contribution in [3.05, 3.63) is 12.2 Å². The lowest BCUT2D eigenvalue weighted by Gasteiger charge is -2.37. The molecule has 2 heteroatoms. The lowest BCUT2D eigenvalue weighted by atomic mass is 10.0. The van der Waals surface area contributed by atoms with E-state index in [4.69, 9.17) is 0 Å². The fourth-order valence-corrected chi connectivity index (χ4v) is 4.16. The SMILES string of the molecule is C=C(C)C(=O)CC[N+](CC)(CC)CCCCCCCCCCCCCCCC. The Morgan fingerprint density at radius 1 is 0.643 bits per heavy atom. The zero-order chi connectivity index (χ0) is 21.1. The number of unbranched alkanes of at least 4 members (excludes halogenated alkanes) is 13. The fourth-order valence-electron chi connectivity index (χ4n) is 4.16. The third-order valence-electron chi connectivity index (χ3n) is 6.62. The van der Waals surface area contributed by atoms with Gasteiger partial charge in [0.15, 0.2) is 5.78 Å². The van der Waals surface area contributed by atoms with Gasteiger partial charge < -0.3 is 4.48 Å². The van der Waals surface area contributed by atoms with Gasteiger partial charge >= 0.3 is 0 Å². The van der Waals surface area contributed by atoms with Crippen LogP contribution in [0.2, 0.25) is 0 Å². The molecule has 0 N–H and O–H groups in total. The molecular formula is C26H52NO+. The van der Waals surface area contributed by atoms with Crippen LogP contribution in [0.15, 0.2) is 12.2 Å². The Kier molecular flexibility index (Phi) is 18.0. The molecule has 0 aliphatic rings. The first-order valence-corrected chi connectivity index (χ1v) is 12.5. The second-order valence-electron chi connectivity index (χ2n) is 8.97. The van der Waals surface area contributed by atoms with E-state index in [-0.39, 0.29) is 5.78 Å². The van der Waals surface area contributed by atoms with Crippen LogP contribution in [0.5, 0.6) is 0 Å². The van der Waals surface area contributed by atoms with Crippen LogP contribution in [0.25, 0.3) is 0 Å². The molecule has 0 aliphatic heterocycles. The highest BCUT2D eigenvalue weighted by Gasteiger charge is 2.23. The van der Waals surface area contributed by atoms with E-state index in [9.17, 15) is 4.79 Å². The van der Waals surface area contributed by atoms with Crippen LogP contribution in [-0.4, -0.2) is 36.4 Å². The van der Waals surface area contributed by atoms with Gasteiger partial charge in [-0.05, 0) is 39.2 Å². The number of allylic oxidation sites excluding steroid dienone is 1. The number of quaternary nitrogens is 1. The van der Waals surface area contributed by atoms with E-state index >= 15 is 0 Å². The molecule has 0 aromatic carbocycles. The van der Waals surface area contributed by atoms with Crippen molar-refractivity contribution in [1.29, 1.82) is 0 Å². The minimum atomic E-state index is 0.241. The summed E-state index contributed by atoms with van der Waals surface area (Å²) in [5.41, 5.74) is 0.710. The van der Waals surface area contributed by atoms with Gasteiger partial charge in [-0.15, -0.1) is 0 Å². The van der Waals surface area contributed by atoms with Gasteiger partial charge in [-0.2, -0.15) is 0 Å². The number of carbonyl (C=O) groups is 1. The van der Waals surface area contributed by atoms with Crippen LogP contribution in [0.4, 0.5) is 0 Å². The number of ketones is 1. The molecule has 0 spiro atoms. The summed E-state index contributed by atoms with van der Waals surface area (Å²) in [6.45, 7) is 17.0. The van der Waals surface area contributed by atoms with E-state index in [1.807, 2.05) is 6.92 Å². The van der Waals surface area contributed by atoms with Gasteiger partial charge in [0, 0.05) is 0 Å². The Morgan fingerprint density at radius 2 is 1.04 bits per heavy atom. The molecule has 0 heterocycles. The van der Waals surface area contributed by atoms with Crippen LogP contribution in [0, 0.1) is 0 Å². The Morgan fingerprint density at radius 3 is 1.39 bits per heavy atom. The van der Waals surface area contributed by atoms with E-state index in [0.29, 0.717) is 12.0 Å². The first-order valence-electron chi connectivity index (χ1n) is 12.5. The quantitative estimate of drug-likeness (QED) is 0.110. The summed E-state index contributed by atoms with van der Waals surface area (Å²) in [7, 11) is 0. The van der Waals surface area contributed by atoms with Crippen LogP contribution >= 0.6 is 0 Å². The summed E-state index contributed by atoms with van der Waals surface area (Å²) >= 11 is 0. The minimum Gasteiger partial charge on any atom is -0.324 e. The molecule has 0 aromatic heterocycles. The van der Waals surface area contributed by atoms with Gasteiger partial charge in [0.2, 0.25) is 0 Å². The van der Waals surface area contributed by atoms with Crippen molar-refractivity contribution in [3.8, 4) is 0 Å². The molecule has 0 rings (SSSR count). The second-order valence-corrected chi connectivity index (χ2v) is 8.97. The highest BCUT2D eigenvalue weighted by atomic mass is 16.1. The maximum absolute atomic E-state index is 11.9. The Labute approximate surface area is 177 Å². The zero-order valence-electron chi connectivity index (χ0n) is 20.0. The van der Waals surface area contributed by atoms with Crippen LogP contribution in [0.1, 0.15) is 124 Å². The average Bonchev–Trinajstić information content (AvgIpc) is 2.70. The molecule has 0 bridgehead atoms. The smallest absolute Gasteiger partial charge is 0.163 e. The van der Waals surface area contributed by atoms with E-state index in [1.54, 1.807) is 0 Å². The van der Waals surface area contributed by atoms with Crippen molar-refractivity contribution in [2.45, 2.75) is 124 Å². The molecule has 0 fully saturated rings. The van der Waals surface area contributed by atoms with Crippen LogP contribution in [0.3, 0.4) is 0 Å². The van der Waals surface area contributed by atoms with Crippen molar-refractivity contribution >= 4 is 5.78 Å². The van der Waals surface area contributed by atoms with Crippen LogP contribution in [-0.2, 0) is 4.79 Å². The molecule has 0 saturated heterocycles. The van der Waals surface area contributed by atoms with Gasteiger partial charge in [0.25, 0.3) is 0 Å². The van der Waals surface area contributed by atoms with Crippen molar-refractivity contribution in [2.24, 2.45) is 0 Å². The number of hydrogen-bond donors (Lipinski definition) is 0. The van der Waals surface area contributed by atoms with Crippen molar-refractivity contribution < 1.29 is 9.28 Å². The highest BCUT2D eigenvalue weighted by Crippen LogP contribution is 2.15. The van der Waals surface area contributed by atoms with E-state index in [1.165, 1.54) is 96.4 Å². The van der Waals surface area contributed by atoms with Gasteiger partial charge in [-0.1, -0.05) is 90.6 Å². The lowest BCUT2D eigenvalue weighted by Crippen LogP contribution is -2.49. The topological polar surface area (TPSA) is 17.1 Å². The molecule has 0 aromatic rings. The second kappa shape index (κ2) is 18.4. The van der Waals surface area contributed by atoms with Crippen molar-refractivity contribution in [3.63, 3.8) is 0 Å². The largest absolute Gasteiger partial charge is 0.324 e. The van der Waals surface area contributed by atoms with E-state index in [2.05, 4.69) is 27.4 Å². The van der Waals surface area contributed by atoms with Crippen molar-refractivity contribution in [2.75, 3.05) is 26.2 Å². The summed E-state index contributed by atoms with van der Waals surface area (Å²) in [4.78, 5) is 11.9. The fraction of sp³-hybridized carbons (Fsp3) is 0.885. The molecule has 0 unspecified atom stereocenters. The summed E-state index contributed by atoms with van der Waals surface area (Å²) in [5.74, 6) is 0.241. The zero-order valence-corrected chi connectivity index (χ0v) is 20.0. The molecule has 0 amide bonds. The number of rotatable bonds is 21. The molecule has 28 heavy (non-hydrogen) atoms. The van der Waals surface area contributed by atoms with Gasteiger partial charge in [0.05, 0.1) is 32.6 Å². The van der Waals surface area contributed by atoms with E-state index < -0.39 is 0 Å². The number of Topliss-reactive ketones (excluding diaryl/α,β-unsaturated/α-hetero) is 1. The summed E-state index contributed by atoms with van der Waals surface area (Å²) in [6.07, 6.45) is 20.4. The molecule has 2 nitrogen and oxygen atoms in total. The molecule has 0 radical (unpaired) electrons. The third-order valence-corrected chi connectivity index (χ3v) is 6.62. The normalized spacial score (nSPS) is 11.7. The highest BCUT2D eigenvalue weighted by molar-refractivity contribution is 5.94. The predicted molar refractivity (Wildman–Crippen MR) is 126 cm³/mol. The molecule has 0 aliphatic carbocycles. The maximum Gasteiger partial charge on any atom is 0.163 e. The number of nitrogens with zero attached hydrogens (tertiary/aromatic N) is 1. The lowest BCUT2D eigenvalue weighted by molar-refractivity contribution is -0.924. The Bertz CT molecular complexity index is 384. The van der Waals surface area contributed by atoms with Gasteiger partial charge in [0.1, 0.15) is 0 Å². The van der Waals surface area contributed by atoms with Gasteiger partial charge in [-0.3, -0.25) is 4.79 Å². The predicted octanol–water partition coefficient (Wildman–Crippen LogP) is 7.86. The first kappa shape index (κ1) is 27.4. The average molecular weight is 395 g/mol. The van der Waals surface area contributed by atoms with Crippen molar-refractivity contribution in [1.82, 2.24) is 0 Å². The number of carbonyl (C=O) groups excluding carboxylic acids is 1. The van der Waals surface area contributed by atoms with E-state index in [0.717, 1.165) is 24.1 Å².